The second-order valence-corrected chi connectivity index (χ2v) is 8.49. The van der Waals surface area contributed by atoms with Gasteiger partial charge in [0.1, 0.15) is 4.21 Å². The molecule has 10 heteroatoms. The van der Waals surface area contributed by atoms with Crippen molar-refractivity contribution in [2.45, 2.75) is 18.1 Å². The van der Waals surface area contributed by atoms with E-state index in [0.717, 1.165) is 11.3 Å². The average molecular weight is 418 g/mol. The first-order valence-corrected chi connectivity index (χ1v) is 10.2. The van der Waals surface area contributed by atoms with Crippen LogP contribution in [0.3, 0.4) is 0 Å². The Morgan fingerprint density at radius 3 is 2.31 bits per heavy atom. The van der Waals surface area contributed by atoms with Crippen LogP contribution in [-0.4, -0.2) is 33.6 Å². The molecular weight excluding hydrogens is 402 g/mol. The van der Waals surface area contributed by atoms with Crippen LogP contribution >= 0.6 is 22.9 Å². The third-order valence-electron chi connectivity index (χ3n) is 3.08. The van der Waals surface area contributed by atoms with Crippen LogP contribution in [0.5, 0.6) is 0 Å². The summed E-state index contributed by atoms with van der Waals surface area (Å²) in [5.74, 6) is -1.35. The number of carbonyl (C=O) groups excluding carboxylic acids is 2. The molecule has 0 aliphatic rings. The zero-order valence-corrected chi connectivity index (χ0v) is 16.3. The molecule has 0 unspecified atom stereocenters. The van der Waals surface area contributed by atoms with Gasteiger partial charge in [-0.3, -0.25) is 4.72 Å². The number of ether oxygens (including phenoxy) is 2. The maximum atomic E-state index is 12.5. The first-order chi connectivity index (χ1) is 12.3. The maximum absolute atomic E-state index is 12.5. The topological polar surface area (TPSA) is 98.8 Å². The molecular formula is C16H16ClNO6S2. The fraction of sp³-hybridized carbons (Fsp3) is 0.250. The van der Waals surface area contributed by atoms with Crippen molar-refractivity contribution in [3.8, 4) is 0 Å². The number of sulfonamides is 1. The van der Waals surface area contributed by atoms with Crippen molar-refractivity contribution in [3.63, 3.8) is 0 Å². The number of carbonyl (C=O) groups is 2. The summed E-state index contributed by atoms with van der Waals surface area (Å²) in [6, 6.07) is 6.70. The van der Waals surface area contributed by atoms with Crippen molar-refractivity contribution < 1.29 is 27.5 Å². The van der Waals surface area contributed by atoms with Crippen LogP contribution < -0.4 is 4.72 Å². The molecule has 0 aliphatic heterocycles. The van der Waals surface area contributed by atoms with Gasteiger partial charge in [-0.2, -0.15) is 0 Å². The molecule has 26 heavy (non-hydrogen) atoms. The van der Waals surface area contributed by atoms with E-state index < -0.39 is 22.0 Å². The average Bonchev–Trinajstić information content (AvgIpc) is 3.02. The molecule has 0 radical (unpaired) electrons. The van der Waals surface area contributed by atoms with Gasteiger partial charge in [-0.25, -0.2) is 18.0 Å². The molecule has 0 bridgehead atoms. The van der Waals surface area contributed by atoms with Gasteiger partial charge in [0.05, 0.1) is 34.4 Å². The highest BCUT2D eigenvalue weighted by Crippen LogP contribution is 2.29. The highest BCUT2D eigenvalue weighted by molar-refractivity contribution is 7.94. The summed E-state index contributed by atoms with van der Waals surface area (Å²) >= 11 is 6.65. The van der Waals surface area contributed by atoms with Crippen molar-refractivity contribution in [1.29, 1.82) is 0 Å². The number of anilines is 1. The quantitative estimate of drug-likeness (QED) is 0.691. The standard InChI is InChI=1S/C16H16ClNO6S2/c1-3-23-15(19)10-5-6-11(16(20)24-4-2)12(9-10)18-26(21,22)14-8-7-13(17)25-14/h5-9,18H,3-4H2,1-2H3. The predicted octanol–water partition coefficient (Wildman–Crippen LogP) is 3.56. The number of hydrogen-bond acceptors (Lipinski definition) is 7. The lowest BCUT2D eigenvalue weighted by molar-refractivity contribution is 0.0512. The molecule has 0 saturated heterocycles. The van der Waals surface area contributed by atoms with Gasteiger partial charge in [-0.1, -0.05) is 11.6 Å². The van der Waals surface area contributed by atoms with Crippen LogP contribution in [0.4, 0.5) is 5.69 Å². The van der Waals surface area contributed by atoms with Crippen molar-refractivity contribution in [3.05, 3.63) is 45.8 Å². The number of rotatable bonds is 7. The molecule has 1 N–H and O–H groups in total. The van der Waals surface area contributed by atoms with Gasteiger partial charge in [0, 0.05) is 0 Å². The monoisotopic (exact) mass is 417 g/mol. The van der Waals surface area contributed by atoms with Crippen molar-refractivity contribution in [2.24, 2.45) is 0 Å². The molecule has 0 amide bonds. The summed E-state index contributed by atoms with van der Waals surface area (Å²) in [5.41, 5.74) is -0.00791. The molecule has 7 nitrogen and oxygen atoms in total. The largest absolute Gasteiger partial charge is 0.462 e. The van der Waals surface area contributed by atoms with Crippen LogP contribution in [0, 0.1) is 0 Å². The van der Waals surface area contributed by atoms with E-state index in [-0.39, 0.29) is 34.2 Å². The number of thiophene rings is 1. The van der Waals surface area contributed by atoms with Crippen molar-refractivity contribution in [2.75, 3.05) is 17.9 Å². The van der Waals surface area contributed by atoms with Crippen molar-refractivity contribution >= 4 is 50.6 Å². The minimum Gasteiger partial charge on any atom is -0.462 e. The van der Waals surface area contributed by atoms with Crippen LogP contribution in [0.2, 0.25) is 4.34 Å². The highest BCUT2D eigenvalue weighted by Gasteiger charge is 2.22. The van der Waals surface area contributed by atoms with E-state index in [1.54, 1.807) is 13.8 Å². The Balaban J connectivity index is 2.46. The van der Waals surface area contributed by atoms with Crippen molar-refractivity contribution in [1.82, 2.24) is 0 Å². The molecule has 0 saturated carbocycles. The van der Waals surface area contributed by atoms with Gasteiger partial charge in [0.15, 0.2) is 0 Å². The van der Waals surface area contributed by atoms with E-state index in [9.17, 15) is 18.0 Å². The highest BCUT2D eigenvalue weighted by atomic mass is 35.5. The molecule has 140 valence electrons. The van der Waals surface area contributed by atoms with Crippen LogP contribution in [0.15, 0.2) is 34.5 Å². The molecule has 1 aromatic carbocycles. The van der Waals surface area contributed by atoms with Crippen LogP contribution in [-0.2, 0) is 19.5 Å². The van der Waals surface area contributed by atoms with E-state index in [1.165, 1.54) is 30.3 Å². The number of halogens is 1. The Bertz CT molecular complexity index is 923. The molecule has 0 atom stereocenters. The summed E-state index contributed by atoms with van der Waals surface area (Å²) in [6.07, 6.45) is 0. The van der Waals surface area contributed by atoms with Gasteiger partial charge in [0.25, 0.3) is 10.0 Å². The lowest BCUT2D eigenvalue weighted by Crippen LogP contribution is -2.17. The van der Waals surface area contributed by atoms with Gasteiger partial charge in [-0.15, -0.1) is 11.3 Å². The summed E-state index contributed by atoms with van der Waals surface area (Å²) in [4.78, 5) is 24.0. The fourth-order valence-electron chi connectivity index (χ4n) is 1.99. The van der Waals surface area contributed by atoms with Gasteiger partial charge in [-0.05, 0) is 44.2 Å². The summed E-state index contributed by atoms with van der Waals surface area (Å²) in [6.45, 7) is 3.55. The number of hydrogen-bond donors (Lipinski definition) is 1. The Hall–Kier alpha value is -2.10. The number of nitrogens with one attached hydrogen (secondary N) is 1. The summed E-state index contributed by atoms with van der Waals surface area (Å²) in [7, 11) is -3.99. The smallest absolute Gasteiger partial charge is 0.340 e. The van der Waals surface area contributed by atoms with Gasteiger partial charge < -0.3 is 9.47 Å². The van der Waals surface area contributed by atoms with E-state index in [0.29, 0.717) is 4.34 Å². The number of benzene rings is 1. The Kier molecular flexibility index (Phi) is 6.63. The van der Waals surface area contributed by atoms with Gasteiger partial charge >= 0.3 is 11.9 Å². The predicted molar refractivity (Wildman–Crippen MR) is 98.5 cm³/mol. The zero-order valence-electron chi connectivity index (χ0n) is 13.9. The second-order valence-electron chi connectivity index (χ2n) is 4.87. The van der Waals surface area contributed by atoms with Gasteiger partial charge in [0.2, 0.25) is 0 Å². The molecule has 0 spiro atoms. The van der Waals surface area contributed by atoms with E-state index in [1.807, 2.05) is 0 Å². The Morgan fingerprint density at radius 2 is 1.73 bits per heavy atom. The maximum Gasteiger partial charge on any atom is 0.340 e. The minimum absolute atomic E-state index is 0.0221. The molecule has 0 fully saturated rings. The van der Waals surface area contributed by atoms with E-state index in [2.05, 4.69) is 4.72 Å². The zero-order chi connectivity index (χ0) is 19.3. The molecule has 1 heterocycles. The Morgan fingerprint density at radius 1 is 1.08 bits per heavy atom. The third kappa shape index (κ3) is 4.75. The van der Waals surface area contributed by atoms with Crippen LogP contribution in [0.25, 0.3) is 0 Å². The SMILES string of the molecule is CCOC(=O)c1ccc(C(=O)OCC)c(NS(=O)(=O)c2ccc(Cl)s2)c1. The normalized spacial score (nSPS) is 11.0. The lowest BCUT2D eigenvalue weighted by atomic mass is 10.1. The minimum atomic E-state index is -3.99. The second kappa shape index (κ2) is 8.52. The summed E-state index contributed by atoms with van der Waals surface area (Å²) in [5, 5.41) is 0. The first kappa shape index (κ1) is 20.2. The van der Waals surface area contributed by atoms with E-state index >= 15 is 0 Å². The Labute approximate surface area is 159 Å². The third-order valence-corrected chi connectivity index (χ3v) is 6.17. The van der Waals surface area contributed by atoms with E-state index in [4.69, 9.17) is 21.1 Å². The fourth-order valence-corrected chi connectivity index (χ4v) is 4.55. The molecule has 2 aromatic rings. The number of esters is 2. The lowest BCUT2D eigenvalue weighted by Gasteiger charge is -2.13. The molecule has 1 aromatic heterocycles. The molecule has 0 aliphatic carbocycles. The van der Waals surface area contributed by atoms with Crippen LogP contribution in [0.1, 0.15) is 34.6 Å². The molecule has 2 rings (SSSR count). The summed E-state index contributed by atoms with van der Waals surface area (Å²) < 4.78 is 37.5. The first-order valence-electron chi connectivity index (χ1n) is 7.55.